The molecule has 0 bridgehead atoms. The Morgan fingerprint density at radius 1 is 1.30 bits per heavy atom. The summed E-state index contributed by atoms with van der Waals surface area (Å²) in [5.74, 6) is -0.0892. The van der Waals surface area contributed by atoms with E-state index in [0.29, 0.717) is 17.9 Å². The smallest absolute Gasteiger partial charge is 0.235 e. The molecule has 1 aromatic carbocycles. The van der Waals surface area contributed by atoms with Crippen LogP contribution in [0.2, 0.25) is 0 Å². The molecule has 0 radical (unpaired) electrons. The summed E-state index contributed by atoms with van der Waals surface area (Å²) in [5.41, 5.74) is 4.94. The second kappa shape index (κ2) is 7.56. The minimum atomic E-state index is -1.26. The van der Waals surface area contributed by atoms with E-state index in [1.807, 2.05) is 6.92 Å². The van der Waals surface area contributed by atoms with E-state index >= 15 is 4.39 Å². The summed E-state index contributed by atoms with van der Waals surface area (Å²) in [5, 5.41) is 0. The van der Waals surface area contributed by atoms with Crippen molar-refractivity contribution in [3.05, 3.63) is 47.9 Å². The number of nitrogens with two attached hydrogens (primary N) is 1. The van der Waals surface area contributed by atoms with Crippen LogP contribution in [0, 0.1) is 11.7 Å². The Kier molecular flexibility index (Phi) is 5.07. The number of methoxy groups -OCH3 is 1. The first-order valence-corrected chi connectivity index (χ1v) is 9.56. The molecular weight excluding hydrogens is 391 g/mol. The fraction of sp³-hybridized carbons (Fsp3) is 0.381. The Morgan fingerprint density at radius 3 is 2.87 bits per heavy atom. The summed E-state index contributed by atoms with van der Waals surface area (Å²) in [6.45, 7) is 1.92. The van der Waals surface area contributed by atoms with Crippen LogP contribution < -0.4 is 15.2 Å². The van der Waals surface area contributed by atoms with Gasteiger partial charge in [-0.15, -0.1) is 0 Å². The van der Waals surface area contributed by atoms with Gasteiger partial charge in [-0.25, -0.2) is 14.4 Å². The first-order chi connectivity index (χ1) is 14.3. The zero-order chi connectivity index (χ0) is 21.5. The van der Waals surface area contributed by atoms with E-state index in [2.05, 4.69) is 9.98 Å². The molecule has 2 aromatic rings. The number of benzene rings is 1. The van der Waals surface area contributed by atoms with Crippen molar-refractivity contribution in [2.45, 2.75) is 25.0 Å². The van der Waals surface area contributed by atoms with Crippen LogP contribution in [0.25, 0.3) is 0 Å². The van der Waals surface area contributed by atoms with Crippen molar-refractivity contribution in [3.8, 4) is 17.4 Å². The average Bonchev–Trinajstić information content (AvgIpc) is 2.74. The molecule has 3 atom stereocenters. The van der Waals surface area contributed by atoms with Crippen molar-refractivity contribution in [1.82, 2.24) is 9.88 Å². The Hall–Kier alpha value is -3.20. The van der Waals surface area contributed by atoms with Gasteiger partial charge in [-0.1, -0.05) is 0 Å². The van der Waals surface area contributed by atoms with E-state index in [4.69, 9.17) is 19.9 Å². The second-order valence-corrected chi connectivity index (χ2v) is 7.48. The van der Waals surface area contributed by atoms with Crippen LogP contribution in [0.15, 0.2) is 41.5 Å². The molecule has 0 spiro atoms. The van der Waals surface area contributed by atoms with Crippen LogP contribution in [0.5, 0.6) is 17.4 Å². The lowest BCUT2D eigenvalue weighted by molar-refractivity contribution is -0.144. The van der Waals surface area contributed by atoms with Crippen LogP contribution in [-0.2, 0) is 15.1 Å². The maximum atomic E-state index is 15.0. The number of aliphatic imine (C=N–C) groups is 1. The van der Waals surface area contributed by atoms with Crippen molar-refractivity contribution in [2.75, 3.05) is 20.8 Å². The molecule has 0 unspecified atom stereocenters. The van der Waals surface area contributed by atoms with E-state index in [-0.39, 0.29) is 36.0 Å². The highest BCUT2D eigenvalue weighted by molar-refractivity contribution is 6.00. The first kappa shape index (κ1) is 20.1. The largest absolute Gasteiger partial charge is 0.497 e. The summed E-state index contributed by atoms with van der Waals surface area (Å²) < 4.78 is 31.8. The van der Waals surface area contributed by atoms with Gasteiger partial charge in [0.1, 0.15) is 22.9 Å². The van der Waals surface area contributed by atoms with Crippen LogP contribution in [0.1, 0.15) is 18.9 Å². The highest BCUT2D eigenvalue weighted by Gasteiger charge is 2.54. The maximum Gasteiger partial charge on any atom is 0.235 e. The zero-order valence-corrected chi connectivity index (χ0v) is 17.0. The third-order valence-corrected chi connectivity index (χ3v) is 5.59. The normalized spacial score (nSPS) is 26.1. The molecule has 0 saturated carbocycles. The Balaban J connectivity index is 1.78. The molecule has 1 saturated heterocycles. The number of halogens is 1. The Labute approximate surface area is 173 Å². The van der Waals surface area contributed by atoms with Crippen molar-refractivity contribution in [1.29, 1.82) is 0 Å². The van der Waals surface area contributed by atoms with Gasteiger partial charge in [-0.2, -0.15) is 0 Å². The highest BCUT2D eigenvalue weighted by Crippen LogP contribution is 2.46. The van der Waals surface area contributed by atoms with Crippen molar-refractivity contribution in [3.63, 3.8) is 0 Å². The van der Waals surface area contributed by atoms with Gasteiger partial charge < -0.3 is 19.9 Å². The third-order valence-electron chi connectivity index (χ3n) is 5.59. The van der Waals surface area contributed by atoms with Gasteiger partial charge in [-0.3, -0.25) is 9.69 Å². The van der Waals surface area contributed by atoms with Crippen LogP contribution in [-0.4, -0.2) is 48.6 Å². The lowest BCUT2D eigenvalue weighted by atomic mass is 9.72. The van der Waals surface area contributed by atoms with Gasteiger partial charge in [0.2, 0.25) is 11.8 Å². The van der Waals surface area contributed by atoms with E-state index in [1.165, 1.54) is 30.2 Å². The fourth-order valence-corrected chi connectivity index (χ4v) is 3.93. The second-order valence-electron chi connectivity index (χ2n) is 7.48. The number of carbonyl (C=O) groups is 1. The molecule has 1 amide bonds. The molecule has 2 N–H and O–H groups in total. The minimum absolute atomic E-state index is 0.0228. The van der Waals surface area contributed by atoms with E-state index in [9.17, 15) is 4.79 Å². The molecule has 1 aromatic heterocycles. The molecule has 2 aliphatic heterocycles. The zero-order valence-electron chi connectivity index (χ0n) is 17.0. The quantitative estimate of drug-likeness (QED) is 0.825. The first-order valence-electron chi connectivity index (χ1n) is 9.56. The third kappa shape index (κ3) is 3.35. The number of ether oxygens (including phenoxy) is 3. The summed E-state index contributed by atoms with van der Waals surface area (Å²) in [6, 6.07) is 7.60. The number of hydrogen-bond acceptors (Lipinski definition) is 7. The standard InChI is InChI=1S/C21H23FN4O4/c1-12-8-16-19(27)26(2)20(23)25-21(16,11-29-12)15-9-14(4-5-17(15)22)30-18-10-13(28-3)6-7-24-18/h4-7,9-10,12,16H,8,11H2,1-3H3,(H2,23,25)/t12-,16-,21+/m0/s1. The number of guanidine groups is 1. The average molecular weight is 414 g/mol. The molecule has 2 aliphatic rings. The van der Waals surface area contributed by atoms with Gasteiger partial charge >= 0.3 is 0 Å². The van der Waals surface area contributed by atoms with E-state index in [1.54, 1.807) is 25.4 Å². The number of hydrogen-bond donors (Lipinski definition) is 1. The highest BCUT2D eigenvalue weighted by atomic mass is 19.1. The fourth-order valence-electron chi connectivity index (χ4n) is 3.93. The topological polar surface area (TPSA) is 99.3 Å². The van der Waals surface area contributed by atoms with Crippen molar-refractivity contribution in [2.24, 2.45) is 16.6 Å². The van der Waals surface area contributed by atoms with Crippen LogP contribution >= 0.6 is 0 Å². The predicted octanol–water partition coefficient (Wildman–Crippen LogP) is 2.43. The van der Waals surface area contributed by atoms with E-state index in [0.717, 1.165) is 0 Å². The number of carbonyl (C=O) groups excluding carboxylic acids is 1. The molecular formula is C21H23FN4O4. The van der Waals surface area contributed by atoms with Crippen LogP contribution in [0.4, 0.5) is 4.39 Å². The summed E-state index contributed by atoms with van der Waals surface area (Å²) in [4.78, 5) is 23.0. The van der Waals surface area contributed by atoms with Crippen LogP contribution in [0.3, 0.4) is 0 Å². The molecule has 9 heteroatoms. The number of pyridine rings is 1. The monoisotopic (exact) mass is 414 g/mol. The Bertz CT molecular complexity index is 1010. The summed E-state index contributed by atoms with van der Waals surface area (Å²) >= 11 is 0. The molecule has 1 fully saturated rings. The Morgan fingerprint density at radius 2 is 2.10 bits per heavy atom. The number of fused-ring (bicyclic) bond motifs is 1. The van der Waals surface area contributed by atoms with Gasteiger partial charge in [0.25, 0.3) is 0 Å². The van der Waals surface area contributed by atoms with Gasteiger partial charge in [0.15, 0.2) is 5.96 Å². The van der Waals surface area contributed by atoms with Crippen molar-refractivity contribution >= 4 is 11.9 Å². The predicted molar refractivity (Wildman–Crippen MR) is 107 cm³/mol. The summed E-state index contributed by atoms with van der Waals surface area (Å²) in [6.07, 6.45) is 1.80. The lowest BCUT2D eigenvalue weighted by Crippen LogP contribution is -2.59. The SMILES string of the molecule is COc1ccnc(Oc2ccc(F)c([C@]34CO[C@@H](C)C[C@H]3C(=O)N(C)C(N)=N4)c2)c1. The maximum absolute atomic E-state index is 15.0. The number of nitrogens with zero attached hydrogens (tertiary/aromatic N) is 3. The number of amides is 1. The molecule has 158 valence electrons. The molecule has 3 heterocycles. The molecule has 30 heavy (non-hydrogen) atoms. The van der Waals surface area contributed by atoms with Gasteiger partial charge in [-0.05, 0) is 37.6 Å². The minimum Gasteiger partial charge on any atom is -0.497 e. The van der Waals surface area contributed by atoms with Gasteiger partial charge in [0, 0.05) is 24.9 Å². The molecule has 8 nitrogen and oxygen atoms in total. The number of aromatic nitrogens is 1. The van der Waals surface area contributed by atoms with E-state index < -0.39 is 17.3 Å². The summed E-state index contributed by atoms with van der Waals surface area (Å²) in [7, 11) is 3.10. The number of rotatable bonds is 4. The van der Waals surface area contributed by atoms with Gasteiger partial charge in [0.05, 0.1) is 25.7 Å². The van der Waals surface area contributed by atoms with Crippen molar-refractivity contribution < 1.29 is 23.4 Å². The lowest BCUT2D eigenvalue weighted by Gasteiger charge is -2.46. The molecule has 0 aliphatic carbocycles. The molecule has 4 rings (SSSR count).